The van der Waals surface area contributed by atoms with Crippen molar-refractivity contribution in [3.63, 3.8) is 0 Å². The lowest BCUT2D eigenvalue weighted by Crippen LogP contribution is -2.45. The molecule has 2 rings (SSSR count). The van der Waals surface area contributed by atoms with Crippen molar-refractivity contribution in [2.75, 3.05) is 26.2 Å². The third-order valence-corrected chi connectivity index (χ3v) is 4.01. The fourth-order valence-corrected chi connectivity index (χ4v) is 2.99. The molecule has 1 aliphatic rings. The number of aryl methyl sites for hydroxylation is 1. The van der Waals surface area contributed by atoms with Crippen molar-refractivity contribution in [2.45, 2.75) is 33.2 Å². The van der Waals surface area contributed by atoms with Crippen LogP contribution in [0.5, 0.6) is 5.75 Å². The van der Waals surface area contributed by atoms with Crippen LogP contribution in [0.15, 0.2) is 12.1 Å². The molecule has 0 unspecified atom stereocenters. The average molecular weight is 280 g/mol. The summed E-state index contributed by atoms with van der Waals surface area (Å²) in [4.78, 5) is 2.36. The molecule has 0 aromatic heterocycles. The maximum absolute atomic E-state index is 13.7. The van der Waals surface area contributed by atoms with Crippen LogP contribution in [0.25, 0.3) is 0 Å². The van der Waals surface area contributed by atoms with Crippen LogP contribution in [-0.4, -0.2) is 36.2 Å². The van der Waals surface area contributed by atoms with Crippen LogP contribution in [-0.2, 0) is 0 Å². The van der Waals surface area contributed by atoms with Crippen molar-refractivity contribution < 1.29 is 9.50 Å². The molecule has 1 atom stereocenters. The Balaban J connectivity index is 2.37. The smallest absolute Gasteiger partial charge is 0.165 e. The van der Waals surface area contributed by atoms with Gasteiger partial charge in [-0.15, -0.1) is 0 Å². The van der Waals surface area contributed by atoms with Gasteiger partial charge in [-0.05, 0) is 30.9 Å². The number of piperazine rings is 1. The zero-order valence-corrected chi connectivity index (χ0v) is 12.6. The molecule has 3 nitrogen and oxygen atoms in total. The molecule has 0 radical (unpaired) electrons. The Morgan fingerprint density at radius 3 is 2.55 bits per heavy atom. The van der Waals surface area contributed by atoms with Gasteiger partial charge in [0.25, 0.3) is 0 Å². The van der Waals surface area contributed by atoms with Gasteiger partial charge in [-0.25, -0.2) is 4.39 Å². The normalized spacial score (nSPS) is 18.4. The highest BCUT2D eigenvalue weighted by molar-refractivity contribution is 5.42. The standard InChI is InChI=1S/C16H25FN2O/c1-11(2)10-14(19-8-6-18-7-9-19)15-12(3)4-5-13(17)16(15)20/h4-5,11,14,18,20H,6-10H2,1-3H3/t14-/m0/s1. The lowest BCUT2D eigenvalue weighted by Gasteiger charge is -2.37. The topological polar surface area (TPSA) is 35.5 Å². The van der Waals surface area contributed by atoms with Gasteiger partial charge in [0, 0.05) is 37.8 Å². The van der Waals surface area contributed by atoms with Crippen LogP contribution in [0.2, 0.25) is 0 Å². The molecule has 112 valence electrons. The van der Waals surface area contributed by atoms with Crippen LogP contribution >= 0.6 is 0 Å². The predicted octanol–water partition coefficient (Wildman–Crippen LogP) is 2.83. The molecule has 20 heavy (non-hydrogen) atoms. The summed E-state index contributed by atoms with van der Waals surface area (Å²) in [6.45, 7) is 10.1. The van der Waals surface area contributed by atoms with Gasteiger partial charge >= 0.3 is 0 Å². The molecule has 1 heterocycles. The van der Waals surface area contributed by atoms with Crippen LogP contribution < -0.4 is 5.32 Å². The number of phenols is 1. The summed E-state index contributed by atoms with van der Waals surface area (Å²) in [5, 5.41) is 13.5. The summed E-state index contributed by atoms with van der Waals surface area (Å²) in [6, 6.07) is 3.20. The summed E-state index contributed by atoms with van der Waals surface area (Å²) in [7, 11) is 0. The van der Waals surface area contributed by atoms with E-state index < -0.39 is 5.82 Å². The second-order valence-electron chi connectivity index (χ2n) is 6.06. The molecular formula is C16H25FN2O. The van der Waals surface area contributed by atoms with Gasteiger partial charge in [0.1, 0.15) is 0 Å². The van der Waals surface area contributed by atoms with Crippen molar-refractivity contribution in [3.05, 3.63) is 29.1 Å². The molecule has 1 aromatic carbocycles. The van der Waals surface area contributed by atoms with Crippen molar-refractivity contribution in [3.8, 4) is 5.75 Å². The Kier molecular flexibility index (Phi) is 5.00. The lowest BCUT2D eigenvalue weighted by atomic mass is 9.91. The molecule has 0 amide bonds. The zero-order valence-electron chi connectivity index (χ0n) is 12.6. The van der Waals surface area contributed by atoms with E-state index in [1.807, 2.05) is 6.92 Å². The van der Waals surface area contributed by atoms with Gasteiger partial charge < -0.3 is 10.4 Å². The third-order valence-electron chi connectivity index (χ3n) is 4.01. The molecule has 0 bridgehead atoms. The Hall–Kier alpha value is -1.13. The van der Waals surface area contributed by atoms with E-state index in [-0.39, 0.29) is 11.8 Å². The number of aromatic hydroxyl groups is 1. The van der Waals surface area contributed by atoms with Crippen LogP contribution in [0.3, 0.4) is 0 Å². The molecule has 1 saturated heterocycles. The second-order valence-corrected chi connectivity index (χ2v) is 6.06. The maximum atomic E-state index is 13.7. The van der Waals surface area contributed by atoms with E-state index in [1.54, 1.807) is 6.07 Å². The highest BCUT2D eigenvalue weighted by Crippen LogP contribution is 2.37. The number of hydrogen-bond acceptors (Lipinski definition) is 3. The Morgan fingerprint density at radius 2 is 1.95 bits per heavy atom. The Labute approximate surface area is 120 Å². The first-order valence-electron chi connectivity index (χ1n) is 7.43. The lowest BCUT2D eigenvalue weighted by molar-refractivity contribution is 0.150. The first-order chi connectivity index (χ1) is 9.50. The molecule has 1 fully saturated rings. The summed E-state index contributed by atoms with van der Waals surface area (Å²) >= 11 is 0. The number of benzene rings is 1. The molecule has 4 heteroatoms. The summed E-state index contributed by atoms with van der Waals surface area (Å²) in [5.74, 6) is -0.194. The summed E-state index contributed by atoms with van der Waals surface area (Å²) < 4.78 is 13.7. The summed E-state index contributed by atoms with van der Waals surface area (Å²) in [6.07, 6.45) is 0.928. The van der Waals surface area contributed by atoms with Gasteiger partial charge in [0.05, 0.1) is 0 Å². The minimum absolute atomic E-state index is 0.0906. The van der Waals surface area contributed by atoms with E-state index in [1.165, 1.54) is 6.07 Å². The van der Waals surface area contributed by atoms with Crippen molar-refractivity contribution >= 4 is 0 Å². The maximum Gasteiger partial charge on any atom is 0.165 e. The van der Waals surface area contributed by atoms with Gasteiger partial charge in [-0.1, -0.05) is 19.9 Å². The van der Waals surface area contributed by atoms with Gasteiger partial charge in [0.15, 0.2) is 11.6 Å². The van der Waals surface area contributed by atoms with Crippen molar-refractivity contribution in [1.29, 1.82) is 0 Å². The molecular weight excluding hydrogens is 255 g/mol. The number of phenolic OH excluding ortho intramolecular Hbond substituents is 1. The highest BCUT2D eigenvalue weighted by atomic mass is 19.1. The third kappa shape index (κ3) is 3.30. The fraction of sp³-hybridized carbons (Fsp3) is 0.625. The second kappa shape index (κ2) is 6.55. The van der Waals surface area contributed by atoms with Crippen molar-refractivity contribution in [1.82, 2.24) is 10.2 Å². The van der Waals surface area contributed by atoms with E-state index in [4.69, 9.17) is 0 Å². The van der Waals surface area contributed by atoms with Crippen LogP contribution in [0.1, 0.15) is 37.4 Å². The predicted molar refractivity (Wildman–Crippen MR) is 79.4 cm³/mol. The zero-order chi connectivity index (χ0) is 14.7. The first kappa shape index (κ1) is 15.3. The fourth-order valence-electron chi connectivity index (χ4n) is 2.99. The quantitative estimate of drug-likeness (QED) is 0.890. The average Bonchev–Trinajstić information content (AvgIpc) is 2.43. The molecule has 0 aliphatic carbocycles. The SMILES string of the molecule is Cc1ccc(F)c(O)c1[C@H](CC(C)C)N1CCNCC1. The van der Waals surface area contributed by atoms with Gasteiger partial charge in [0.2, 0.25) is 0 Å². The number of rotatable bonds is 4. The van der Waals surface area contributed by atoms with Gasteiger partial charge in [-0.3, -0.25) is 4.90 Å². The molecule has 0 saturated carbocycles. The minimum atomic E-state index is -0.519. The monoisotopic (exact) mass is 280 g/mol. The Bertz CT molecular complexity index is 456. The van der Waals surface area contributed by atoms with Crippen LogP contribution in [0.4, 0.5) is 4.39 Å². The minimum Gasteiger partial charge on any atom is -0.505 e. The van der Waals surface area contributed by atoms with Gasteiger partial charge in [-0.2, -0.15) is 0 Å². The molecule has 1 aromatic rings. The highest BCUT2D eigenvalue weighted by Gasteiger charge is 2.27. The number of halogens is 1. The number of hydrogen-bond donors (Lipinski definition) is 2. The molecule has 1 aliphatic heterocycles. The van der Waals surface area contributed by atoms with E-state index in [9.17, 15) is 9.50 Å². The van der Waals surface area contributed by atoms with E-state index in [0.29, 0.717) is 5.92 Å². The number of nitrogens with one attached hydrogen (secondary N) is 1. The number of nitrogens with zero attached hydrogens (tertiary/aromatic N) is 1. The van der Waals surface area contributed by atoms with Crippen molar-refractivity contribution in [2.24, 2.45) is 5.92 Å². The largest absolute Gasteiger partial charge is 0.505 e. The van der Waals surface area contributed by atoms with Crippen LogP contribution in [0, 0.1) is 18.7 Å². The summed E-state index contributed by atoms with van der Waals surface area (Å²) in [5.41, 5.74) is 1.73. The Morgan fingerprint density at radius 1 is 1.30 bits per heavy atom. The van der Waals surface area contributed by atoms with E-state index in [2.05, 4.69) is 24.1 Å². The molecule has 2 N–H and O–H groups in total. The van der Waals surface area contributed by atoms with E-state index in [0.717, 1.165) is 43.7 Å². The van der Waals surface area contributed by atoms with E-state index >= 15 is 0 Å². The molecule has 0 spiro atoms. The first-order valence-corrected chi connectivity index (χ1v) is 7.43.